The summed E-state index contributed by atoms with van der Waals surface area (Å²) in [4.78, 5) is 0.159. The van der Waals surface area contributed by atoms with Crippen molar-refractivity contribution in [3.63, 3.8) is 0 Å². The topological polar surface area (TPSA) is 75.6 Å². The number of aliphatic hydroxyl groups excluding tert-OH is 1. The molecule has 1 unspecified atom stereocenters. The first-order chi connectivity index (χ1) is 9.40. The highest BCUT2D eigenvalue weighted by molar-refractivity contribution is 7.89. The zero-order valence-electron chi connectivity index (χ0n) is 12.2. The highest BCUT2D eigenvalue weighted by Crippen LogP contribution is 2.14. The lowest BCUT2D eigenvalue weighted by Gasteiger charge is -2.22. The highest BCUT2D eigenvalue weighted by atomic mass is 32.2. The third-order valence-electron chi connectivity index (χ3n) is 3.00. The van der Waals surface area contributed by atoms with Crippen molar-refractivity contribution >= 4 is 10.0 Å². The van der Waals surface area contributed by atoms with E-state index < -0.39 is 10.0 Å². The van der Waals surface area contributed by atoms with Crippen molar-refractivity contribution in [3.8, 4) is 0 Å². The van der Waals surface area contributed by atoms with Crippen molar-refractivity contribution in [2.45, 2.75) is 38.3 Å². The second-order valence-electron chi connectivity index (χ2n) is 4.94. The van der Waals surface area contributed by atoms with E-state index in [0.717, 1.165) is 0 Å². The Bertz CT molecular complexity index is 514. The number of rotatable bonds is 8. The van der Waals surface area contributed by atoms with Gasteiger partial charge in [-0.2, -0.15) is 0 Å². The minimum absolute atomic E-state index is 0.123. The summed E-state index contributed by atoms with van der Waals surface area (Å²) in [5.74, 6) is 0.123. The molecule has 1 aromatic rings. The predicted octanol–water partition coefficient (Wildman–Crippen LogP) is 1.52. The number of hydrogen-bond acceptors (Lipinski definition) is 4. The Balaban J connectivity index is 2.91. The zero-order valence-corrected chi connectivity index (χ0v) is 13.0. The third kappa shape index (κ3) is 4.86. The summed E-state index contributed by atoms with van der Waals surface area (Å²) < 4.78 is 32.6. The van der Waals surface area contributed by atoms with Gasteiger partial charge in [-0.3, -0.25) is 0 Å². The molecule has 0 heterocycles. The van der Waals surface area contributed by atoms with Crippen LogP contribution in [-0.2, 0) is 21.4 Å². The lowest BCUT2D eigenvalue weighted by atomic mass is 10.1. The van der Waals surface area contributed by atoms with Crippen molar-refractivity contribution in [3.05, 3.63) is 29.8 Å². The van der Waals surface area contributed by atoms with Gasteiger partial charge in [0.25, 0.3) is 0 Å². The molecule has 0 aliphatic rings. The SMILES string of the molecule is CCOCC(NS(=O)(=O)c1cccc(CO)c1)C(C)C. The average molecular weight is 301 g/mol. The van der Waals surface area contributed by atoms with Crippen LogP contribution in [0.1, 0.15) is 26.3 Å². The molecule has 0 fully saturated rings. The van der Waals surface area contributed by atoms with Gasteiger partial charge in [-0.05, 0) is 30.5 Å². The van der Waals surface area contributed by atoms with E-state index >= 15 is 0 Å². The van der Waals surface area contributed by atoms with E-state index in [0.29, 0.717) is 18.8 Å². The van der Waals surface area contributed by atoms with Gasteiger partial charge in [-0.1, -0.05) is 26.0 Å². The molecular weight excluding hydrogens is 278 g/mol. The predicted molar refractivity (Wildman–Crippen MR) is 77.8 cm³/mol. The molecule has 0 aliphatic heterocycles. The maximum absolute atomic E-state index is 12.3. The molecule has 0 radical (unpaired) electrons. The molecule has 5 nitrogen and oxygen atoms in total. The van der Waals surface area contributed by atoms with Gasteiger partial charge in [-0.15, -0.1) is 0 Å². The first-order valence-corrected chi connectivity index (χ1v) is 8.19. The minimum Gasteiger partial charge on any atom is -0.392 e. The summed E-state index contributed by atoms with van der Waals surface area (Å²) >= 11 is 0. The van der Waals surface area contributed by atoms with E-state index in [4.69, 9.17) is 9.84 Å². The fourth-order valence-electron chi connectivity index (χ4n) is 1.69. The van der Waals surface area contributed by atoms with Crippen LogP contribution in [0.15, 0.2) is 29.2 Å². The number of aliphatic hydroxyl groups is 1. The van der Waals surface area contributed by atoms with Crippen LogP contribution in [0.4, 0.5) is 0 Å². The standard InChI is InChI=1S/C14H23NO4S/c1-4-19-10-14(11(2)3)15-20(17,18)13-7-5-6-12(8-13)9-16/h5-8,11,14-16H,4,9-10H2,1-3H3. The molecule has 0 bridgehead atoms. The number of ether oxygens (including phenoxy) is 1. The fourth-order valence-corrected chi connectivity index (χ4v) is 3.12. The molecule has 20 heavy (non-hydrogen) atoms. The van der Waals surface area contributed by atoms with Gasteiger partial charge in [0.15, 0.2) is 0 Å². The maximum atomic E-state index is 12.3. The fraction of sp³-hybridized carbons (Fsp3) is 0.571. The van der Waals surface area contributed by atoms with Gasteiger partial charge in [0, 0.05) is 12.6 Å². The normalized spacial score (nSPS) is 13.7. The number of nitrogens with one attached hydrogen (secondary N) is 1. The Labute approximate surface area is 121 Å². The van der Waals surface area contributed by atoms with Crippen molar-refractivity contribution < 1.29 is 18.3 Å². The summed E-state index contributed by atoms with van der Waals surface area (Å²) in [6, 6.07) is 6.00. The molecule has 0 aromatic heterocycles. The van der Waals surface area contributed by atoms with Crippen molar-refractivity contribution in [2.75, 3.05) is 13.2 Å². The van der Waals surface area contributed by atoms with Crippen LogP contribution in [-0.4, -0.2) is 32.8 Å². The van der Waals surface area contributed by atoms with Gasteiger partial charge in [0.1, 0.15) is 0 Å². The molecule has 0 spiro atoms. The maximum Gasteiger partial charge on any atom is 0.240 e. The lowest BCUT2D eigenvalue weighted by Crippen LogP contribution is -2.41. The molecule has 0 aliphatic carbocycles. The van der Waals surface area contributed by atoms with Gasteiger partial charge in [-0.25, -0.2) is 13.1 Å². The van der Waals surface area contributed by atoms with Crippen LogP contribution < -0.4 is 4.72 Å². The Hall–Kier alpha value is -0.950. The Morgan fingerprint density at radius 1 is 1.35 bits per heavy atom. The van der Waals surface area contributed by atoms with Crippen molar-refractivity contribution in [1.29, 1.82) is 0 Å². The average Bonchev–Trinajstić information content (AvgIpc) is 2.43. The van der Waals surface area contributed by atoms with Gasteiger partial charge >= 0.3 is 0 Å². The molecule has 1 rings (SSSR count). The summed E-state index contributed by atoms with van der Waals surface area (Å²) in [6.45, 7) is 6.46. The van der Waals surface area contributed by atoms with Crippen LogP contribution in [0, 0.1) is 5.92 Å². The number of benzene rings is 1. The van der Waals surface area contributed by atoms with Gasteiger partial charge < -0.3 is 9.84 Å². The van der Waals surface area contributed by atoms with Gasteiger partial charge in [0.2, 0.25) is 10.0 Å². The highest BCUT2D eigenvalue weighted by Gasteiger charge is 2.22. The van der Waals surface area contributed by atoms with E-state index in [1.165, 1.54) is 12.1 Å². The van der Waals surface area contributed by atoms with Crippen LogP contribution in [0.5, 0.6) is 0 Å². The molecule has 1 atom stereocenters. The first-order valence-electron chi connectivity index (χ1n) is 6.70. The van der Waals surface area contributed by atoms with E-state index in [2.05, 4.69) is 4.72 Å². The Kier molecular flexibility index (Phi) is 6.61. The van der Waals surface area contributed by atoms with E-state index in [1.807, 2.05) is 20.8 Å². The quantitative estimate of drug-likeness (QED) is 0.763. The van der Waals surface area contributed by atoms with Crippen molar-refractivity contribution in [2.24, 2.45) is 5.92 Å². The molecule has 114 valence electrons. The Morgan fingerprint density at radius 2 is 2.05 bits per heavy atom. The lowest BCUT2D eigenvalue weighted by molar-refractivity contribution is 0.116. The van der Waals surface area contributed by atoms with Crippen LogP contribution >= 0.6 is 0 Å². The minimum atomic E-state index is -3.61. The van der Waals surface area contributed by atoms with Crippen LogP contribution in [0.2, 0.25) is 0 Å². The third-order valence-corrected chi connectivity index (χ3v) is 4.49. The molecular formula is C14H23NO4S. The van der Waals surface area contributed by atoms with Crippen molar-refractivity contribution in [1.82, 2.24) is 4.72 Å². The molecule has 1 aromatic carbocycles. The second-order valence-corrected chi connectivity index (χ2v) is 6.65. The smallest absolute Gasteiger partial charge is 0.240 e. The largest absolute Gasteiger partial charge is 0.392 e. The van der Waals surface area contributed by atoms with E-state index in [9.17, 15) is 8.42 Å². The molecule has 6 heteroatoms. The van der Waals surface area contributed by atoms with Crippen LogP contribution in [0.3, 0.4) is 0 Å². The first kappa shape index (κ1) is 17.1. The molecule has 0 amide bonds. The van der Waals surface area contributed by atoms with E-state index in [1.54, 1.807) is 12.1 Å². The Morgan fingerprint density at radius 3 is 2.60 bits per heavy atom. The monoisotopic (exact) mass is 301 g/mol. The summed E-state index contributed by atoms with van der Waals surface area (Å²) in [5, 5.41) is 9.08. The van der Waals surface area contributed by atoms with E-state index in [-0.39, 0.29) is 23.5 Å². The van der Waals surface area contributed by atoms with Crippen LogP contribution in [0.25, 0.3) is 0 Å². The summed E-state index contributed by atoms with van der Waals surface area (Å²) in [5.41, 5.74) is 0.568. The second kappa shape index (κ2) is 7.73. The molecule has 2 N–H and O–H groups in total. The molecule has 0 saturated heterocycles. The summed E-state index contributed by atoms with van der Waals surface area (Å²) in [7, 11) is -3.61. The number of hydrogen-bond donors (Lipinski definition) is 2. The van der Waals surface area contributed by atoms with Gasteiger partial charge in [0.05, 0.1) is 18.1 Å². The number of sulfonamides is 1. The zero-order chi connectivity index (χ0) is 15.2. The molecule has 0 saturated carbocycles. The summed E-state index contributed by atoms with van der Waals surface area (Å²) in [6.07, 6.45) is 0.